The predicted molar refractivity (Wildman–Crippen MR) is 86.2 cm³/mol. The summed E-state index contributed by atoms with van der Waals surface area (Å²) in [6, 6.07) is 8.17. The van der Waals surface area contributed by atoms with Crippen molar-refractivity contribution in [3.63, 3.8) is 0 Å². The first-order chi connectivity index (χ1) is 10.5. The van der Waals surface area contributed by atoms with Crippen molar-refractivity contribution in [3.8, 4) is 0 Å². The average molecular weight is 338 g/mol. The molecule has 0 bridgehead atoms. The summed E-state index contributed by atoms with van der Waals surface area (Å²) < 4.78 is 40.7. The molecule has 0 aliphatic heterocycles. The van der Waals surface area contributed by atoms with Gasteiger partial charge in [-0.1, -0.05) is 18.2 Å². The van der Waals surface area contributed by atoms with E-state index < -0.39 is 10.0 Å². The number of thiophene rings is 1. The van der Waals surface area contributed by atoms with Gasteiger partial charge in [0.1, 0.15) is 10.0 Å². The lowest BCUT2D eigenvalue weighted by Crippen LogP contribution is -2.25. The zero-order valence-electron chi connectivity index (χ0n) is 11.9. The highest BCUT2D eigenvalue weighted by Gasteiger charge is 2.16. The number of hydrogen-bond donors (Lipinski definition) is 2. The third-order valence-electron chi connectivity index (χ3n) is 3.53. The Bertz CT molecular complexity index is 899. The number of aryl methyl sites for hydroxylation is 1. The number of benzene rings is 1. The van der Waals surface area contributed by atoms with E-state index in [1.165, 1.54) is 17.4 Å². The van der Waals surface area contributed by atoms with Crippen molar-refractivity contribution in [2.75, 3.05) is 6.54 Å². The fourth-order valence-electron chi connectivity index (χ4n) is 2.49. The smallest absolute Gasteiger partial charge is 0.250 e. The molecule has 3 rings (SSSR count). The molecule has 0 aliphatic carbocycles. The molecule has 116 valence electrons. The number of aromatic nitrogens is 1. The molecule has 7 heteroatoms. The molecule has 3 aromatic rings. The molecule has 0 amide bonds. The van der Waals surface area contributed by atoms with E-state index in [2.05, 4.69) is 9.71 Å². The van der Waals surface area contributed by atoms with Crippen LogP contribution < -0.4 is 4.72 Å². The molecule has 2 N–H and O–H groups in total. The summed E-state index contributed by atoms with van der Waals surface area (Å²) in [6.45, 7) is 2.13. The highest BCUT2D eigenvalue weighted by atomic mass is 32.2. The number of para-hydroxylation sites is 1. The first-order valence-electron chi connectivity index (χ1n) is 6.78. The monoisotopic (exact) mass is 338 g/mol. The number of halogens is 1. The molecule has 0 saturated heterocycles. The van der Waals surface area contributed by atoms with E-state index in [-0.39, 0.29) is 12.4 Å². The van der Waals surface area contributed by atoms with Crippen LogP contribution in [0.25, 0.3) is 10.9 Å². The van der Waals surface area contributed by atoms with E-state index >= 15 is 0 Å². The zero-order chi connectivity index (χ0) is 15.7. The van der Waals surface area contributed by atoms with Crippen molar-refractivity contribution in [1.29, 1.82) is 0 Å². The van der Waals surface area contributed by atoms with Crippen LogP contribution in [0.5, 0.6) is 0 Å². The van der Waals surface area contributed by atoms with Crippen molar-refractivity contribution in [2.45, 2.75) is 17.6 Å². The van der Waals surface area contributed by atoms with Crippen LogP contribution in [0.3, 0.4) is 0 Å². The molecule has 0 atom stereocenters. The molecule has 0 radical (unpaired) electrons. The molecule has 1 aromatic carbocycles. The van der Waals surface area contributed by atoms with Gasteiger partial charge in [0.15, 0.2) is 0 Å². The molecule has 2 aromatic heterocycles. The Morgan fingerprint density at radius 2 is 2.09 bits per heavy atom. The quantitative estimate of drug-likeness (QED) is 0.750. The summed E-state index contributed by atoms with van der Waals surface area (Å²) in [5, 5.41) is 2.52. The first kappa shape index (κ1) is 15.2. The lowest BCUT2D eigenvalue weighted by atomic mass is 10.1. The number of rotatable bonds is 5. The molecule has 0 spiro atoms. The van der Waals surface area contributed by atoms with Crippen LogP contribution in [0.15, 0.2) is 39.9 Å². The van der Waals surface area contributed by atoms with Crippen molar-refractivity contribution >= 4 is 32.3 Å². The molecule has 0 saturated carbocycles. The molecular weight excluding hydrogens is 323 g/mol. The van der Waals surface area contributed by atoms with Crippen LogP contribution in [-0.4, -0.2) is 19.9 Å². The summed E-state index contributed by atoms with van der Waals surface area (Å²) >= 11 is 1.18. The summed E-state index contributed by atoms with van der Waals surface area (Å²) in [7, 11) is -3.46. The molecule has 0 fully saturated rings. The molecule has 0 aliphatic rings. The Hall–Kier alpha value is -1.70. The maximum Gasteiger partial charge on any atom is 0.250 e. The standard InChI is InChI=1S/C15H15FN2O2S2/c1-10-11(12-4-2-5-13(16)15(12)18-10)7-8-17-22(19,20)14-6-3-9-21-14/h2-6,9,17-18H,7-8H2,1H3. The number of fused-ring (bicyclic) bond motifs is 1. The number of sulfonamides is 1. The fraction of sp³-hybridized carbons (Fsp3) is 0.200. The highest BCUT2D eigenvalue weighted by molar-refractivity contribution is 7.91. The zero-order valence-corrected chi connectivity index (χ0v) is 13.5. The maximum atomic E-state index is 13.7. The average Bonchev–Trinajstić information content (AvgIpc) is 3.09. The van der Waals surface area contributed by atoms with Gasteiger partial charge >= 0.3 is 0 Å². The van der Waals surface area contributed by atoms with E-state index in [1.54, 1.807) is 23.6 Å². The van der Waals surface area contributed by atoms with Gasteiger partial charge in [0.2, 0.25) is 10.0 Å². The van der Waals surface area contributed by atoms with Crippen molar-refractivity contribution in [1.82, 2.24) is 9.71 Å². The second-order valence-electron chi connectivity index (χ2n) is 4.97. The van der Waals surface area contributed by atoms with Gasteiger partial charge < -0.3 is 4.98 Å². The molecule has 2 heterocycles. The minimum absolute atomic E-state index is 0.268. The third-order valence-corrected chi connectivity index (χ3v) is 6.39. The molecular formula is C15H15FN2O2S2. The van der Waals surface area contributed by atoms with E-state index in [1.807, 2.05) is 13.0 Å². The van der Waals surface area contributed by atoms with Crippen LogP contribution in [0.2, 0.25) is 0 Å². The summed E-state index contributed by atoms with van der Waals surface area (Å²) in [6.07, 6.45) is 0.500. The Balaban J connectivity index is 1.78. The van der Waals surface area contributed by atoms with Crippen molar-refractivity contribution < 1.29 is 12.8 Å². The second-order valence-corrected chi connectivity index (χ2v) is 7.91. The Morgan fingerprint density at radius 1 is 1.27 bits per heavy atom. The summed E-state index contributed by atoms with van der Waals surface area (Å²) in [5.74, 6) is -0.300. The second kappa shape index (κ2) is 5.83. The van der Waals surface area contributed by atoms with Gasteiger partial charge in [0, 0.05) is 17.6 Å². The third kappa shape index (κ3) is 2.79. The minimum atomic E-state index is -3.46. The van der Waals surface area contributed by atoms with E-state index in [4.69, 9.17) is 0 Å². The SMILES string of the molecule is Cc1[nH]c2c(F)cccc2c1CCNS(=O)(=O)c1cccs1. The molecule has 0 unspecified atom stereocenters. The van der Waals surface area contributed by atoms with E-state index in [0.29, 0.717) is 16.1 Å². The van der Waals surface area contributed by atoms with Gasteiger partial charge in [-0.15, -0.1) is 11.3 Å². The fourth-order valence-corrected chi connectivity index (χ4v) is 4.56. The Kier molecular flexibility index (Phi) is 4.03. The minimum Gasteiger partial charge on any atom is -0.356 e. The number of nitrogens with one attached hydrogen (secondary N) is 2. The van der Waals surface area contributed by atoms with E-state index in [9.17, 15) is 12.8 Å². The predicted octanol–water partition coefficient (Wildman–Crippen LogP) is 3.20. The molecule has 22 heavy (non-hydrogen) atoms. The van der Waals surface area contributed by atoms with Gasteiger partial charge in [-0.2, -0.15) is 0 Å². The van der Waals surface area contributed by atoms with Crippen molar-refractivity contribution in [2.24, 2.45) is 0 Å². The van der Waals surface area contributed by atoms with Crippen LogP contribution in [-0.2, 0) is 16.4 Å². The number of aromatic amines is 1. The summed E-state index contributed by atoms with van der Waals surface area (Å²) in [4.78, 5) is 3.02. The van der Waals surface area contributed by atoms with Gasteiger partial charge in [-0.05, 0) is 36.4 Å². The van der Waals surface area contributed by atoms with E-state index in [0.717, 1.165) is 16.6 Å². The van der Waals surface area contributed by atoms with Gasteiger partial charge in [-0.25, -0.2) is 17.5 Å². The topological polar surface area (TPSA) is 62.0 Å². The lowest BCUT2D eigenvalue weighted by Gasteiger charge is -2.05. The van der Waals surface area contributed by atoms with Crippen LogP contribution >= 0.6 is 11.3 Å². The van der Waals surface area contributed by atoms with Crippen LogP contribution in [0.1, 0.15) is 11.3 Å². The Labute approximate surface area is 132 Å². The van der Waals surface area contributed by atoms with Gasteiger partial charge in [0.05, 0.1) is 5.52 Å². The van der Waals surface area contributed by atoms with Crippen LogP contribution in [0, 0.1) is 12.7 Å². The number of hydrogen-bond acceptors (Lipinski definition) is 3. The molecule has 4 nitrogen and oxygen atoms in total. The van der Waals surface area contributed by atoms with Crippen LogP contribution in [0.4, 0.5) is 4.39 Å². The number of H-pyrrole nitrogens is 1. The lowest BCUT2D eigenvalue weighted by molar-refractivity contribution is 0.584. The van der Waals surface area contributed by atoms with Gasteiger partial charge in [0.25, 0.3) is 0 Å². The Morgan fingerprint density at radius 3 is 2.82 bits per heavy atom. The highest BCUT2D eigenvalue weighted by Crippen LogP contribution is 2.24. The maximum absolute atomic E-state index is 13.7. The summed E-state index contributed by atoms with van der Waals surface area (Å²) in [5.41, 5.74) is 2.26. The first-order valence-corrected chi connectivity index (χ1v) is 9.14. The van der Waals surface area contributed by atoms with Gasteiger partial charge in [-0.3, -0.25) is 0 Å². The van der Waals surface area contributed by atoms with Crippen molar-refractivity contribution in [3.05, 3.63) is 52.8 Å². The largest absolute Gasteiger partial charge is 0.356 e. The normalized spacial score (nSPS) is 12.1.